The van der Waals surface area contributed by atoms with Crippen molar-refractivity contribution in [3.8, 4) is 17.1 Å². The molecule has 1 atom stereocenters. The number of aromatic nitrogens is 3. The number of carbonyl (C=O) groups excluding carboxylic acids is 3. The predicted octanol–water partition coefficient (Wildman–Crippen LogP) is 2.71. The van der Waals surface area contributed by atoms with Gasteiger partial charge in [0.15, 0.2) is 5.82 Å². The summed E-state index contributed by atoms with van der Waals surface area (Å²) in [5.41, 5.74) is 1.49. The van der Waals surface area contributed by atoms with Crippen LogP contribution in [0.3, 0.4) is 0 Å². The molecule has 1 N–H and O–H groups in total. The van der Waals surface area contributed by atoms with Crippen molar-refractivity contribution in [1.29, 1.82) is 0 Å². The molecule has 2 aromatic carbocycles. The molecule has 0 saturated carbocycles. The minimum absolute atomic E-state index is 0.0248. The number of nitrogens with one attached hydrogen (secondary N) is 1. The molecule has 8 nitrogen and oxygen atoms in total. The molecule has 5 rings (SSSR count). The highest BCUT2D eigenvalue weighted by Gasteiger charge is 2.41. The molecule has 3 heterocycles. The molecule has 1 saturated heterocycles. The van der Waals surface area contributed by atoms with Crippen LogP contribution in [-0.2, 0) is 22.3 Å². The first-order valence-corrected chi connectivity index (χ1v) is 10.1. The lowest BCUT2D eigenvalue weighted by Crippen LogP contribution is -2.52. The number of para-hydroxylation sites is 1. The minimum Gasteiger partial charge on any atom is -0.322 e. The molecule has 1 unspecified atom stereocenters. The predicted molar refractivity (Wildman–Crippen MR) is 108 cm³/mol. The van der Waals surface area contributed by atoms with Crippen molar-refractivity contribution in [2.24, 2.45) is 0 Å². The molecule has 2 aliphatic rings. The van der Waals surface area contributed by atoms with Crippen molar-refractivity contribution >= 4 is 17.7 Å². The third kappa shape index (κ3) is 3.55. The number of halogens is 3. The number of hydrogen-bond acceptors (Lipinski definition) is 5. The highest BCUT2D eigenvalue weighted by Crippen LogP contribution is 2.35. The zero-order valence-electron chi connectivity index (χ0n) is 17.0. The number of fused-ring (bicyclic) bond motifs is 1. The van der Waals surface area contributed by atoms with Gasteiger partial charge in [0, 0.05) is 29.8 Å². The molecular weight excluding hydrogens is 439 g/mol. The Morgan fingerprint density at radius 1 is 1.00 bits per heavy atom. The molecule has 2 aliphatic heterocycles. The average molecular weight is 455 g/mol. The summed E-state index contributed by atoms with van der Waals surface area (Å²) in [6, 6.07) is 11.8. The van der Waals surface area contributed by atoms with E-state index in [0.717, 1.165) is 4.57 Å². The van der Waals surface area contributed by atoms with E-state index in [2.05, 4.69) is 15.5 Å². The van der Waals surface area contributed by atoms with Gasteiger partial charge < -0.3 is 4.90 Å². The first-order chi connectivity index (χ1) is 15.7. The lowest BCUT2D eigenvalue weighted by molar-refractivity contribution is -0.146. The molecule has 0 radical (unpaired) electrons. The number of hydrogen-bond donors (Lipinski definition) is 1. The molecule has 0 aliphatic carbocycles. The normalized spacial score (nSPS) is 18.5. The summed E-state index contributed by atoms with van der Waals surface area (Å²) in [6.07, 6.45) is -4.38. The highest BCUT2D eigenvalue weighted by atomic mass is 19.4. The number of amides is 3. The molecule has 3 amide bonds. The Bertz CT molecular complexity index is 1290. The van der Waals surface area contributed by atoms with Crippen LogP contribution >= 0.6 is 0 Å². The Labute approximate surface area is 185 Å². The number of piperidine rings is 1. The molecular formula is C22H16F3N5O3. The van der Waals surface area contributed by atoms with Crippen molar-refractivity contribution < 1.29 is 27.6 Å². The van der Waals surface area contributed by atoms with Crippen LogP contribution in [-0.4, -0.2) is 43.4 Å². The van der Waals surface area contributed by atoms with Crippen LogP contribution in [0.25, 0.3) is 17.1 Å². The number of nitrogens with zero attached hydrogens (tertiary/aromatic N) is 4. The molecule has 11 heteroatoms. The second-order valence-corrected chi connectivity index (χ2v) is 7.79. The van der Waals surface area contributed by atoms with E-state index in [9.17, 15) is 27.6 Å². The Morgan fingerprint density at radius 2 is 1.76 bits per heavy atom. The number of carbonyl (C=O) groups is 3. The molecule has 0 bridgehead atoms. The highest BCUT2D eigenvalue weighted by molar-refractivity contribution is 6.05. The SMILES string of the molecule is O=C1CCC(N2Cc3cc(-c4nnc(C(F)(F)F)n4-c4ccccc4)ccc3C2=O)C(=O)N1. The molecule has 33 heavy (non-hydrogen) atoms. The van der Waals surface area contributed by atoms with Gasteiger partial charge in [-0.3, -0.25) is 24.3 Å². The first kappa shape index (κ1) is 20.9. The fourth-order valence-corrected chi connectivity index (χ4v) is 4.19. The molecule has 1 aromatic heterocycles. The summed E-state index contributed by atoms with van der Waals surface area (Å²) in [4.78, 5) is 37.9. The number of benzene rings is 2. The van der Waals surface area contributed by atoms with Crippen LogP contribution in [0.2, 0.25) is 0 Å². The molecule has 1 fully saturated rings. The average Bonchev–Trinajstić information content (AvgIpc) is 3.36. The molecule has 0 spiro atoms. The quantitative estimate of drug-likeness (QED) is 0.613. The summed E-state index contributed by atoms with van der Waals surface area (Å²) >= 11 is 0. The van der Waals surface area contributed by atoms with Gasteiger partial charge in [-0.25, -0.2) is 0 Å². The zero-order chi connectivity index (χ0) is 23.3. The smallest absolute Gasteiger partial charge is 0.322 e. The fourth-order valence-electron chi connectivity index (χ4n) is 4.19. The van der Waals surface area contributed by atoms with Crippen LogP contribution in [0.4, 0.5) is 13.2 Å². The molecule has 3 aromatic rings. The van der Waals surface area contributed by atoms with Crippen molar-refractivity contribution in [1.82, 2.24) is 25.0 Å². The molecule has 168 valence electrons. The Morgan fingerprint density at radius 3 is 2.45 bits per heavy atom. The van der Waals surface area contributed by atoms with Gasteiger partial charge >= 0.3 is 6.18 Å². The summed E-state index contributed by atoms with van der Waals surface area (Å²) in [5.74, 6) is -2.48. The van der Waals surface area contributed by atoms with Gasteiger partial charge in [0.25, 0.3) is 5.91 Å². The van der Waals surface area contributed by atoms with Gasteiger partial charge in [0.05, 0.1) is 0 Å². The maximum Gasteiger partial charge on any atom is 0.452 e. The van der Waals surface area contributed by atoms with Crippen LogP contribution in [0.15, 0.2) is 48.5 Å². The summed E-state index contributed by atoms with van der Waals surface area (Å²) in [5, 5.41) is 9.41. The maximum atomic E-state index is 13.6. The fraction of sp³-hybridized carbons (Fsp3) is 0.227. The number of alkyl halides is 3. The summed E-state index contributed by atoms with van der Waals surface area (Å²) in [6.45, 7) is 0.0971. The Hall–Kier alpha value is -4.02. The second-order valence-electron chi connectivity index (χ2n) is 7.79. The van der Waals surface area contributed by atoms with Gasteiger partial charge in [-0.1, -0.05) is 24.3 Å². The van der Waals surface area contributed by atoms with E-state index in [1.54, 1.807) is 24.3 Å². The van der Waals surface area contributed by atoms with Gasteiger partial charge in [-0.05, 0) is 36.2 Å². The standard InChI is InChI=1S/C22H16F3N5O3/c23-22(24,25)21-28-27-18(30(21)14-4-2-1-3-5-14)12-6-7-15-13(10-12)11-29(20(15)33)16-8-9-17(31)26-19(16)32/h1-7,10,16H,8-9,11H2,(H,26,31,32). The minimum atomic E-state index is -4.73. The third-order valence-corrected chi connectivity index (χ3v) is 5.71. The second kappa shape index (κ2) is 7.54. The van der Waals surface area contributed by atoms with Crippen molar-refractivity contribution in [2.45, 2.75) is 31.6 Å². The number of imide groups is 1. The van der Waals surface area contributed by atoms with Crippen LogP contribution in [0.1, 0.15) is 34.6 Å². The van der Waals surface area contributed by atoms with Gasteiger partial charge in [-0.15, -0.1) is 10.2 Å². The zero-order valence-corrected chi connectivity index (χ0v) is 17.0. The van der Waals surface area contributed by atoms with Crippen molar-refractivity contribution in [2.75, 3.05) is 0 Å². The van der Waals surface area contributed by atoms with Gasteiger partial charge in [-0.2, -0.15) is 13.2 Å². The first-order valence-electron chi connectivity index (χ1n) is 10.1. The monoisotopic (exact) mass is 455 g/mol. The van der Waals surface area contributed by atoms with E-state index in [0.29, 0.717) is 16.7 Å². The van der Waals surface area contributed by atoms with E-state index >= 15 is 0 Å². The van der Waals surface area contributed by atoms with E-state index < -0.39 is 23.9 Å². The van der Waals surface area contributed by atoms with E-state index in [1.165, 1.54) is 29.2 Å². The maximum absolute atomic E-state index is 13.6. The van der Waals surface area contributed by atoms with E-state index in [-0.39, 0.29) is 42.7 Å². The van der Waals surface area contributed by atoms with Crippen molar-refractivity contribution in [3.63, 3.8) is 0 Å². The third-order valence-electron chi connectivity index (χ3n) is 5.71. The Kier molecular flexibility index (Phi) is 4.76. The van der Waals surface area contributed by atoms with Crippen LogP contribution in [0.5, 0.6) is 0 Å². The summed E-state index contributed by atoms with van der Waals surface area (Å²) < 4.78 is 41.8. The van der Waals surface area contributed by atoms with E-state index in [1.807, 2.05) is 0 Å². The largest absolute Gasteiger partial charge is 0.452 e. The van der Waals surface area contributed by atoms with Crippen LogP contribution in [0, 0.1) is 0 Å². The lowest BCUT2D eigenvalue weighted by Gasteiger charge is -2.29. The Balaban J connectivity index is 1.54. The van der Waals surface area contributed by atoms with Crippen molar-refractivity contribution in [3.05, 3.63) is 65.5 Å². The number of rotatable bonds is 3. The lowest BCUT2D eigenvalue weighted by atomic mass is 10.0. The van der Waals surface area contributed by atoms with Gasteiger partial charge in [0.1, 0.15) is 6.04 Å². The van der Waals surface area contributed by atoms with Gasteiger partial charge in [0.2, 0.25) is 17.6 Å². The summed E-state index contributed by atoms with van der Waals surface area (Å²) in [7, 11) is 0. The van der Waals surface area contributed by atoms with Crippen LogP contribution < -0.4 is 5.32 Å². The van der Waals surface area contributed by atoms with E-state index in [4.69, 9.17) is 0 Å². The topological polar surface area (TPSA) is 97.2 Å².